The second-order valence-electron chi connectivity index (χ2n) is 7.01. The fourth-order valence-corrected chi connectivity index (χ4v) is 3.39. The Balaban J connectivity index is 3.23. The van der Waals surface area contributed by atoms with Gasteiger partial charge >= 0.3 is 0 Å². The Morgan fingerprint density at radius 2 is 1.46 bits per heavy atom. The monoisotopic (exact) mass is 388 g/mol. The van der Waals surface area contributed by atoms with Crippen molar-refractivity contribution in [2.75, 3.05) is 13.2 Å². The molecule has 0 aromatic carbocycles. The summed E-state index contributed by atoms with van der Waals surface area (Å²) in [7, 11) is -0.206. The van der Waals surface area contributed by atoms with Crippen molar-refractivity contribution in [3.8, 4) is 0 Å². The summed E-state index contributed by atoms with van der Waals surface area (Å²) >= 11 is 0. The van der Waals surface area contributed by atoms with Crippen LogP contribution < -0.4 is 0 Å². The van der Waals surface area contributed by atoms with Crippen LogP contribution in [0.2, 0.25) is 0 Å². The molecule has 0 radical (unpaired) electrons. The largest absolute Gasteiger partial charge is 0.394 e. The van der Waals surface area contributed by atoms with Gasteiger partial charge in [-0.1, -0.05) is 70.4 Å². The molecule has 0 aliphatic heterocycles. The Labute approximate surface area is 162 Å². The minimum atomic E-state index is -0.879. The van der Waals surface area contributed by atoms with Gasteiger partial charge in [0.05, 0.1) is 22.0 Å². The van der Waals surface area contributed by atoms with E-state index in [9.17, 15) is 4.79 Å². The van der Waals surface area contributed by atoms with Gasteiger partial charge in [-0.15, -0.1) is 0 Å². The van der Waals surface area contributed by atoms with Gasteiger partial charge in [-0.25, -0.2) is 0 Å². The maximum Gasteiger partial charge on any atom is 0.178 e. The van der Waals surface area contributed by atoms with Crippen LogP contribution in [0.15, 0.2) is 12.2 Å². The van der Waals surface area contributed by atoms with E-state index in [1.165, 1.54) is 70.6 Å². The highest BCUT2D eigenvalue weighted by molar-refractivity contribution is 7.53. The minimum absolute atomic E-state index is 0.0348. The third kappa shape index (κ3) is 20.0. The summed E-state index contributed by atoms with van der Waals surface area (Å²) in [4.78, 5) is 11.6. The summed E-state index contributed by atoms with van der Waals surface area (Å²) in [5, 5.41) is 17.7. The highest BCUT2D eigenvalue weighted by Crippen LogP contribution is 2.18. The SMILES string of the molecule is CCCCCCCC/C=C\CCCCCCCC(=O)POCC(O)CO. The molecule has 2 unspecified atom stereocenters. The number of unbranched alkanes of at least 4 members (excludes halogenated alkanes) is 11. The van der Waals surface area contributed by atoms with Crippen LogP contribution in [-0.4, -0.2) is 35.1 Å². The van der Waals surface area contributed by atoms with E-state index in [0.717, 1.165) is 12.8 Å². The average molecular weight is 389 g/mol. The lowest BCUT2D eigenvalue weighted by molar-refractivity contribution is -0.112. The van der Waals surface area contributed by atoms with E-state index in [-0.39, 0.29) is 27.5 Å². The van der Waals surface area contributed by atoms with Crippen LogP contribution in [0.5, 0.6) is 0 Å². The molecule has 0 rings (SSSR count). The Kier molecular flexibility index (Phi) is 20.8. The predicted octanol–water partition coefficient (Wildman–Crippen LogP) is 5.51. The molecule has 4 nitrogen and oxygen atoms in total. The van der Waals surface area contributed by atoms with Gasteiger partial charge in [0.2, 0.25) is 0 Å². The number of hydrogen-bond donors (Lipinski definition) is 2. The number of carbonyl (C=O) groups excluding carboxylic acids is 1. The van der Waals surface area contributed by atoms with Gasteiger partial charge in [0, 0.05) is 6.42 Å². The topological polar surface area (TPSA) is 66.8 Å². The maximum absolute atomic E-state index is 11.6. The van der Waals surface area contributed by atoms with Crippen LogP contribution in [0, 0.1) is 0 Å². The third-order valence-electron chi connectivity index (χ3n) is 4.34. The average Bonchev–Trinajstić information content (AvgIpc) is 2.64. The molecule has 0 fully saturated rings. The molecule has 2 N–H and O–H groups in total. The molecule has 0 amide bonds. The van der Waals surface area contributed by atoms with Gasteiger partial charge < -0.3 is 14.7 Å². The Morgan fingerprint density at radius 1 is 0.923 bits per heavy atom. The second kappa shape index (κ2) is 21.0. The van der Waals surface area contributed by atoms with E-state index in [2.05, 4.69) is 19.1 Å². The third-order valence-corrected chi connectivity index (χ3v) is 5.13. The van der Waals surface area contributed by atoms with E-state index in [4.69, 9.17) is 14.7 Å². The molecule has 0 aliphatic rings. The van der Waals surface area contributed by atoms with Crippen LogP contribution in [0.25, 0.3) is 0 Å². The van der Waals surface area contributed by atoms with Crippen LogP contribution in [0.1, 0.15) is 96.8 Å². The van der Waals surface area contributed by atoms with Crippen LogP contribution in [-0.2, 0) is 9.32 Å². The summed E-state index contributed by atoms with van der Waals surface area (Å²) < 4.78 is 5.08. The van der Waals surface area contributed by atoms with Gasteiger partial charge in [-0.3, -0.25) is 4.79 Å². The van der Waals surface area contributed by atoms with Crippen molar-refractivity contribution in [2.45, 2.75) is 103 Å². The van der Waals surface area contributed by atoms with E-state index in [0.29, 0.717) is 6.42 Å². The molecule has 0 saturated heterocycles. The Hall–Kier alpha value is -0.280. The quantitative estimate of drug-likeness (QED) is 0.164. The first-order chi connectivity index (χ1) is 12.7. The summed E-state index contributed by atoms with van der Waals surface area (Å²) in [6.07, 6.45) is 20.6. The molecule has 0 bridgehead atoms. The lowest BCUT2D eigenvalue weighted by Gasteiger charge is -2.07. The van der Waals surface area contributed by atoms with Crippen molar-refractivity contribution in [3.05, 3.63) is 12.2 Å². The fraction of sp³-hybridized carbons (Fsp3) is 0.857. The van der Waals surface area contributed by atoms with Gasteiger partial charge in [-0.05, 0) is 32.1 Å². The molecule has 0 aliphatic carbocycles. The van der Waals surface area contributed by atoms with Crippen molar-refractivity contribution in [2.24, 2.45) is 0 Å². The summed E-state index contributed by atoms with van der Waals surface area (Å²) in [5.74, 6) is 0. The highest BCUT2D eigenvalue weighted by atomic mass is 31.1. The second-order valence-corrected chi connectivity index (χ2v) is 8.06. The molecular formula is C21H41O4P. The van der Waals surface area contributed by atoms with E-state index < -0.39 is 6.10 Å². The number of rotatable bonds is 20. The summed E-state index contributed by atoms with van der Waals surface area (Å²) in [5.41, 5.74) is 0.104. The van der Waals surface area contributed by atoms with Crippen LogP contribution in [0.4, 0.5) is 0 Å². The first-order valence-electron chi connectivity index (χ1n) is 10.5. The number of aliphatic hydroxyl groups is 2. The Bertz CT molecular complexity index is 334. The first-order valence-corrected chi connectivity index (χ1v) is 11.5. The molecule has 0 saturated carbocycles. The minimum Gasteiger partial charge on any atom is -0.394 e. The number of hydrogen-bond acceptors (Lipinski definition) is 4. The zero-order valence-corrected chi connectivity index (χ0v) is 17.8. The van der Waals surface area contributed by atoms with E-state index in [1.54, 1.807) is 0 Å². The molecule has 0 spiro atoms. The summed E-state index contributed by atoms with van der Waals surface area (Å²) in [6, 6.07) is 0. The van der Waals surface area contributed by atoms with Crippen LogP contribution in [0.3, 0.4) is 0 Å². The molecule has 0 aromatic rings. The van der Waals surface area contributed by atoms with Gasteiger partial charge in [-0.2, -0.15) is 0 Å². The van der Waals surface area contributed by atoms with Crippen LogP contribution >= 0.6 is 8.81 Å². The van der Waals surface area contributed by atoms with E-state index in [1.807, 2.05) is 0 Å². The van der Waals surface area contributed by atoms with Gasteiger partial charge in [0.15, 0.2) is 5.52 Å². The van der Waals surface area contributed by atoms with Crippen molar-refractivity contribution in [1.82, 2.24) is 0 Å². The number of allylic oxidation sites excluding steroid dienone is 2. The predicted molar refractivity (Wildman–Crippen MR) is 112 cm³/mol. The smallest absolute Gasteiger partial charge is 0.178 e. The van der Waals surface area contributed by atoms with Crippen molar-refractivity contribution in [3.63, 3.8) is 0 Å². The maximum atomic E-state index is 11.6. The molecule has 0 heterocycles. The standard InChI is InChI=1S/C21H41O4P/c1-2-3-4-5-6-7-8-9-10-11-12-13-14-15-16-17-21(24)26-25-19-20(23)18-22/h9-10,20,22-23,26H,2-8,11-19H2,1H3/b10-9-. The zero-order valence-electron chi connectivity index (χ0n) is 16.8. The molecule has 2 atom stereocenters. The number of carbonyl (C=O) groups is 1. The zero-order chi connectivity index (χ0) is 19.3. The molecule has 154 valence electrons. The molecule has 5 heteroatoms. The lowest BCUT2D eigenvalue weighted by atomic mass is 10.1. The first kappa shape index (κ1) is 25.7. The fourth-order valence-electron chi connectivity index (χ4n) is 2.68. The lowest BCUT2D eigenvalue weighted by Crippen LogP contribution is -2.17. The van der Waals surface area contributed by atoms with Crippen molar-refractivity contribution >= 4 is 14.3 Å². The van der Waals surface area contributed by atoms with Crippen molar-refractivity contribution < 1.29 is 19.5 Å². The molecular weight excluding hydrogens is 347 g/mol. The van der Waals surface area contributed by atoms with E-state index >= 15 is 0 Å². The molecule has 26 heavy (non-hydrogen) atoms. The highest BCUT2D eigenvalue weighted by Gasteiger charge is 2.05. The summed E-state index contributed by atoms with van der Waals surface area (Å²) in [6.45, 7) is 1.97. The number of aliphatic hydroxyl groups excluding tert-OH is 2. The Morgan fingerprint density at radius 3 is 2.04 bits per heavy atom. The molecule has 0 aromatic heterocycles. The van der Waals surface area contributed by atoms with Gasteiger partial charge in [0.25, 0.3) is 0 Å². The normalized spacial score (nSPS) is 13.2. The van der Waals surface area contributed by atoms with Crippen molar-refractivity contribution in [1.29, 1.82) is 0 Å². The van der Waals surface area contributed by atoms with Gasteiger partial charge in [0.1, 0.15) is 6.10 Å².